The molecule has 2 aromatic rings. The Morgan fingerprint density at radius 1 is 1.07 bits per heavy atom. The van der Waals surface area contributed by atoms with Crippen LogP contribution in [0.2, 0.25) is 0 Å². The Balaban J connectivity index is 1.72. The van der Waals surface area contributed by atoms with E-state index in [2.05, 4.69) is 11.8 Å². The third-order valence-electron chi connectivity index (χ3n) is 4.14. The summed E-state index contributed by atoms with van der Waals surface area (Å²) < 4.78 is 5.32. The van der Waals surface area contributed by atoms with Crippen molar-refractivity contribution in [3.05, 3.63) is 70.8 Å². The zero-order valence-electron chi connectivity index (χ0n) is 15.9. The van der Waals surface area contributed by atoms with Gasteiger partial charge in [0, 0.05) is 23.2 Å². The van der Waals surface area contributed by atoms with Crippen LogP contribution in [0.25, 0.3) is 0 Å². The van der Waals surface area contributed by atoms with E-state index in [1.807, 2.05) is 63.2 Å². The maximum absolute atomic E-state index is 12.7. The Labute approximate surface area is 160 Å². The second-order valence-electron chi connectivity index (χ2n) is 7.55. The highest BCUT2D eigenvalue weighted by atomic mass is 16.6. The van der Waals surface area contributed by atoms with Crippen LogP contribution in [-0.4, -0.2) is 35.5 Å². The zero-order valence-corrected chi connectivity index (χ0v) is 15.9. The molecule has 1 amide bonds. The normalized spacial score (nSPS) is 13.4. The highest BCUT2D eigenvalue weighted by molar-refractivity contribution is 5.98. The Kier molecular flexibility index (Phi) is 5.32. The molecule has 0 saturated heterocycles. The van der Waals surface area contributed by atoms with Crippen molar-refractivity contribution >= 4 is 11.9 Å². The lowest BCUT2D eigenvalue weighted by Gasteiger charge is -2.29. The van der Waals surface area contributed by atoms with E-state index >= 15 is 0 Å². The van der Waals surface area contributed by atoms with Gasteiger partial charge in [-0.15, -0.1) is 0 Å². The van der Waals surface area contributed by atoms with Gasteiger partial charge in [0.25, 0.3) is 5.91 Å². The van der Waals surface area contributed by atoms with Gasteiger partial charge in [-0.25, -0.2) is 0 Å². The van der Waals surface area contributed by atoms with Crippen molar-refractivity contribution in [2.24, 2.45) is 0 Å². The maximum atomic E-state index is 12.7. The Morgan fingerprint density at radius 2 is 1.78 bits per heavy atom. The van der Waals surface area contributed by atoms with Gasteiger partial charge in [0.05, 0.1) is 0 Å². The SMILES string of the molecule is CC(C)(C)OC(=O)CN1CCc2cc(C#Cc3ccccc3)ccc2C1=O. The van der Waals surface area contributed by atoms with Crippen molar-refractivity contribution in [1.29, 1.82) is 0 Å². The molecule has 4 nitrogen and oxygen atoms in total. The molecule has 0 spiro atoms. The predicted molar refractivity (Wildman–Crippen MR) is 104 cm³/mol. The second-order valence-corrected chi connectivity index (χ2v) is 7.55. The molecule has 0 unspecified atom stereocenters. The molecule has 1 aliphatic rings. The van der Waals surface area contributed by atoms with Crippen LogP contribution in [-0.2, 0) is 16.0 Å². The molecule has 0 saturated carbocycles. The summed E-state index contributed by atoms with van der Waals surface area (Å²) in [5, 5.41) is 0. The van der Waals surface area contributed by atoms with Crippen LogP contribution in [0.15, 0.2) is 48.5 Å². The van der Waals surface area contributed by atoms with E-state index in [9.17, 15) is 9.59 Å². The van der Waals surface area contributed by atoms with Crippen molar-refractivity contribution in [2.45, 2.75) is 32.8 Å². The number of benzene rings is 2. The zero-order chi connectivity index (χ0) is 19.4. The first-order valence-electron chi connectivity index (χ1n) is 9.03. The van der Waals surface area contributed by atoms with Gasteiger partial charge in [-0.2, -0.15) is 0 Å². The van der Waals surface area contributed by atoms with E-state index in [1.165, 1.54) is 0 Å². The summed E-state index contributed by atoms with van der Waals surface area (Å²) in [7, 11) is 0. The van der Waals surface area contributed by atoms with Crippen LogP contribution < -0.4 is 0 Å². The van der Waals surface area contributed by atoms with Gasteiger partial charge in [-0.1, -0.05) is 30.0 Å². The number of carbonyl (C=O) groups is 2. The number of nitrogens with zero attached hydrogens (tertiary/aromatic N) is 1. The third-order valence-corrected chi connectivity index (χ3v) is 4.14. The molecule has 0 fully saturated rings. The molecule has 0 bridgehead atoms. The van der Waals surface area contributed by atoms with Crippen molar-refractivity contribution in [3.63, 3.8) is 0 Å². The lowest BCUT2D eigenvalue weighted by Crippen LogP contribution is -2.42. The van der Waals surface area contributed by atoms with E-state index < -0.39 is 5.60 Å². The topological polar surface area (TPSA) is 46.6 Å². The number of esters is 1. The number of carbonyl (C=O) groups excluding carboxylic acids is 2. The van der Waals surface area contributed by atoms with Crippen LogP contribution in [0.5, 0.6) is 0 Å². The van der Waals surface area contributed by atoms with Crippen molar-refractivity contribution < 1.29 is 14.3 Å². The quantitative estimate of drug-likeness (QED) is 0.608. The molecule has 0 atom stereocenters. The highest BCUT2D eigenvalue weighted by Gasteiger charge is 2.27. The van der Waals surface area contributed by atoms with E-state index in [-0.39, 0.29) is 18.4 Å². The minimum atomic E-state index is -0.555. The monoisotopic (exact) mass is 361 g/mol. The molecule has 3 rings (SSSR count). The van der Waals surface area contributed by atoms with Gasteiger partial charge >= 0.3 is 5.97 Å². The van der Waals surface area contributed by atoms with Gasteiger partial charge < -0.3 is 9.64 Å². The largest absolute Gasteiger partial charge is 0.459 e. The summed E-state index contributed by atoms with van der Waals surface area (Å²) in [6.45, 7) is 5.93. The molecular weight excluding hydrogens is 338 g/mol. The fraction of sp³-hybridized carbons (Fsp3) is 0.304. The summed E-state index contributed by atoms with van der Waals surface area (Å²) in [4.78, 5) is 26.3. The second kappa shape index (κ2) is 7.67. The van der Waals surface area contributed by atoms with Crippen molar-refractivity contribution in [1.82, 2.24) is 4.90 Å². The van der Waals surface area contributed by atoms with Gasteiger partial charge in [0.2, 0.25) is 0 Å². The van der Waals surface area contributed by atoms with E-state index in [4.69, 9.17) is 4.74 Å². The Hall–Kier alpha value is -3.06. The number of fused-ring (bicyclic) bond motifs is 1. The summed E-state index contributed by atoms with van der Waals surface area (Å²) in [5.74, 6) is 5.76. The van der Waals surface area contributed by atoms with Crippen LogP contribution in [0.4, 0.5) is 0 Å². The first-order valence-corrected chi connectivity index (χ1v) is 9.03. The summed E-state index contributed by atoms with van der Waals surface area (Å²) in [6, 6.07) is 15.4. The number of hydrogen-bond donors (Lipinski definition) is 0. The van der Waals surface area contributed by atoms with Crippen LogP contribution >= 0.6 is 0 Å². The molecule has 4 heteroatoms. The number of hydrogen-bond acceptors (Lipinski definition) is 3. The van der Waals surface area contributed by atoms with Gasteiger partial charge in [-0.3, -0.25) is 9.59 Å². The van der Waals surface area contributed by atoms with E-state index in [0.29, 0.717) is 18.5 Å². The number of ether oxygens (including phenoxy) is 1. The average molecular weight is 361 g/mol. The van der Waals surface area contributed by atoms with E-state index in [0.717, 1.165) is 16.7 Å². The first kappa shape index (κ1) is 18.7. The molecule has 1 aliphatic heterocycles. The fourth-order valence-corrected chi connectivity index (χ4v) is 2.96. The molecule has 0 aliphatic carbocycles. The Bertz CT molecular complexity index is 914. The van der Waals surface area contributed by atoms with Gasteiger partial charge in [-0.05, 0) is 63.1 Å². The molecule has 27 heavy (non-hydrogen) atoms. The number of amides is 1. The molecular formula is C23H23NO3. The number of rotatable bonds is 2. The fourth-order valence-electron chi connectivity index (χ4n) is 2.96. The minimum absolute atomic E-state index is 0.0227. The summed E-state index contributed by atoms with van der Waals surface area (Å²) >= 11 is 0. The lowest BCUT2D eigenvalue weighted by molar-refractivity contribution is -0.155. The molecule has 2 aromatic carbocycles. The molecule has 0 radical (unpaired) electrons. The Morgan fingerprint density at radius 3 is 2.48 bits per heavy atom. The summed E-state index contributed by atoms with van der Waals surface area (Å²) in [5.41, 5.74) is 2.89. The lowest BCUT2D eigenvalue weighted by atomic mass is 9.96. The third kappa shape index (κ3) is 4.98. The molecule has 0 aromatic heterocycles. The molecule has 138 valence electrons. The standard InChI is InChI=1S/C23H23NO3/c1-23(2,3)27-21(25)16-24-14-13-19-15-18(11-12-20(19)22(24)26)10-9-17-7-5-4-6-8-17/h4-8,11-12,15H,13-14,16H2,1-3H3. The first-order chi connectivity index (χ1) is 12.8. The van der Waals surface area contributed by atoms with Gasteiger partial charge in [0.1, 0.15) is 12.1 Å². The van der Waals surface area contributed by atoms with Crippen LogP contribution in [0.1, 0.15) is 47.8 Å². The van der Waals surface area contributed by atoms with Crippen LogP contribution in [0, 0.1) is 11.8 Å². The van der Waals surface area contributed by atoms with E-state index in [1.54, 1.807) is 11.0 Å². The predicted octanol–water partition coefficient (Wildman–Crippen LogP) is 3.43. The minimum Gasteiger partial charge on any atom is -0.459 e. The van der Waals surface area contributed by atoms with Crippen molar-refractivity contribution in [3.8, 4) is 11.8 Å². The maximum Gasteiger partial charge on any atom is 0.326 e. The smallest absolute Gasteiger partial charge is 0.326 e. The summed E-state index contributed by atoms with van der Waals surface area (Å²) in [6.07, 6.45) is 0.699. The van der Waals surface area contributed by atoms with Gasteiger partial charge in [0.15, 0.2) is 0 Å². The van der Waals surface area contributed by atoms with Crippen LogP contribution in [0.3, 0.4) is 0 Å². The molecule has 1 heterocycles. The molecule has 0 N–H and O–H groups in total. The highest BCUT2D eigenvalue weighted by Crippen LogP contribution is 2.21. The average Bonchev–Trinajstić information content (AvgIpc) is 2.62. The van der Waals surface area contributed by atoms with Crippen molar-refractivity contribution in [2.75, 3.05) is 13.1 Å².